The zero-order chi connectivity index (χ0) is 15.1. The van der Waals surface area contributed by atoms with Crippen molar-refractivity contribution in [3.05, 3.63) is 35.1 Å². The van der Waals surface area contributed by atoms with Gasteiger partial charge in [-0.2, -0.15) is 0 Å². The van der Waals surface area contributed by atoms with E-state index in [4.69, 9.17) is 0 Å². The van der Waals surface area contributed by atoms with Crippen molar-refractivity contribution in [2.45, 2.75) is 40.2 Å². The fourth-order valence-electron chi connectivity index (χ4n) is 1.80. The molecule has 0 heterocycles. The Labute approximate surface area is 121 Å². The molecule has 1 unspecified atom stereocenters. The van der Waals surface area contributed by atoms with Crippen LogP contribution in [0.2, 0.25) is 0 Å². The summed E-state index contributed by atoms with van der Waals surface area (Å²) in [5, 5.41) is 6.11. The molecule has 0 aromatic heterocycles. The number of hydrogen-bond donors (Lipinski definition) is 2. The van der Waals surface area contributed by atoms with Crippen molar-refractivity contribution in [3.8, 4) is 0 Å². The summed E-state index contributed by atoms with van der Waals surface area (Å²) in [6.45, 7) is 9.13. The second kappa shape index (κ2) is 8.00. The standard InChI is InChI=1S/C16H25FN2O/c1-11(2)10-19-16(20)7-8-18-13(4)14-6-5-12(3)15(17)9-14/h5-6,9,11,13,18H,7-8,10H2,1-4H3,(H,19,20). The van der Waals surface area contributed by atoms with Crippen molar-refractivity contribution in [1.29, 1.82) is 0 Å². The first-order valence-corrected chi connectivity index (χ1v) is 7.16. The summed E-state index contributed by atoms with van der Waals surface area (Å²) in [5.41, 5.74) is 1.55. The summed E-state index contributed by atoms with van der Waals surface area (Å²) in [7, 11) is 0. The number of carbonyl (C=O) groups excluding carboxylic acids is 1. The molecule has 1 rings (SSSR count). The Morgan fingerprint density at radius 3 is 2.60 bits per heavy atom. The molecular weight excluding hydrogens is 255 g/mol. The average molecular weight is 280 g/mol. The summed E-state index contributed by atoms with van der Waals surface area (Å²) in [6, 6.07) is 5.27. The third-order valence-corrected chi connectivity index (χ3v) is 3.21. The van der Waals surface area contributed by atoms with Crippen molar-refractivity contribution in [2.24, 2.45) is 5.92 Å². The molecule has 0 spiro atoms. The summed E-state index contributed by atoms with van der Waals surface area (Å²) in [6.07, 6.45) is 0.436. The van der Waals surface area contributed by atoms with E-state index in [1.807, 2.05) is 13.0 Å². The highest BCUT2D eigenvalue weighted by molar-refractivity contribution is 5.76. The summed E-state index contributed by atoms with van der Waals surface area (Å²) in [5.74, 6) is 0.320. The average Bonchev–Trinajstić information content (AvgIpc) is 2.39. The lowest BCUT2D eigenvalue weighted by Crippen LogP contribution is -2.31. The van der Waals surface area contributed by atoms with E-state index in [2.05, 4.69) is 24.5 Å². The summed E-state index contributed by atoms with van der Waals surface area (Å²) in [4.78, 5) is 11.6. The van der Waals surface area contributed by atoms with E-state index in [0.717, 1.165) is 5.56 Å². The monoisotopic (exact) mass is 280 g/mol. The molecule has 3 nitrogen and oxygen atoms in total. The minimum atomic E-state index is -0.189. The van der Waals surface area contributed by atoms with E-state index in [0.29, 0.717) is 31.0 Å². The highest BCUT2D eigenvalue weighted by Crippen LogP contribution is 2.16. The predicted molar refractivity (Wildman–Crippen MR) is 80.0 cm³/mol. The normalized spacial score (nSPS) is 12.5. The van der Waals surface area contributed by atoms with Gasteiger partial charge in [0.25, 0.3) is 0 Å². The van der Waals surface area contributed by atoms with Gasteiger partial charge in [0.15, 0.2) is 0 Å². The van der Waals surface area contributed by atoms with E-state index < -0.39 is 0 Å². The lowest BCUT2D eigenvalue weighted by molar-refractivity contribution is -0.121. The van der Waals surface area contributed by atoms with Crippen LogP contribution in [-0.4, -0.2) is 19.0 Å². The number of hydrogen-bond acceptors (Lipinski definition) is 2. The molecule has 1 aromatic carbocycles. The van der Waals surface area contributed by atoms with E-state index in [1.165, 1.54) is 0 Å². The molecule has 1 amide bonds. The van der Waals surface area contributed by atoms with Gasteiger partial charge in [0.05, 0.1) is 0 Å². The molecule has 0 saturated heterocycles. The van der Waals surface area contributed by atoms with Gasteiger partial charge in [-0.25, -0.2) is 4.39 Å². The molecule has 0 aliphatic heterocycles. The first-order valence-electron chi connectivity index (χ1n) is 7.16. The van der Waals surface area contributed by atoms with Crippen LogP contribution in [0.15, 0.2) is 18.2 Å². The Bertz CT molecular complexity index is 446. The molecule has 0 fully saturated rings. The molecule has 112 valence electrons. The Morgan fingerprint density at radius 1 is 1.30 bits per heavy atom. The summed E-state index contributed by atoms with van der Waals surface area (Å²) >= 11 is 0. The van der Waals surface area contributed by atoms with Gasteiger partial charge in [0.1, 0.15) is 5.82 Å². The van der Waals surface area contributed by atoms with Crippen LogP contribution in [-0.2, 0) is 4.79 Å². The van der Waals surface area contributed by atoms with Gasteiger partial charge in [-0.15, -0.1) is 0 Å². The van der Waals surface area contributed by atoms with E-state index in [9.17, 15) is 9.18 Å². The molecule has 0 aliphatic carbocycles. The maximum atomic E-state index is 13.5. The van der Waals surface area contributed by atoms with E-state index in [-0.39, 0.29) is 17.8 Å². The van der Waals surface area contributed by atoms with E-state index in [1.54, 1.807) is 19.1 Å². The molecule has 4 heteroatoms. The van der Waals surface area contributed by atoms with Gasteiger partial charge in [0, 0.05) is 25.6 Å². The predicted octanol–water partition coefficient (Wildman–Crippen LogP) is 2.95. The molecule has 1 atom stereocenters. The van der Waals surface area contributed by atoms with Crippen molar-refractivity contribution >= 4 is 5.91 Å². The second-order valence-corrected chi connectivity index (χ2v) is 5.63. The fourth-order valence-corrected chi connectivity index (χ4v) is 1.80. The molecule has 0 bridgehead atoms. The second-order valence-electron chi connectivity index (χ2n) is 5.63. The molecule has 2 N–H and O–H groups in total. The minimum absolute atomic E-state index is 0.0306. The molecule has 20 heavy (non-hydrogen) atoms. The number of benzene rings is 1. The fraction of sp³-hybridized carbons (Fsp3) is 0.562. The Kier molecular flexibility index (Phi) is 6.65. The van der Waals surface area contributed by atoms with Crippen LogP contribution in [0.5, 0.6) is 0 Å². The van der Waals surface area contributed by atoms with Crippen molar-refractivity contribution < 1.29 is 9.18 Å². The van der Waals surface area contributed by atoms with Gasteiger partial charge < -0.3 is 10.6 Å². The smallest absolute Gasteiger partial charge is 0.221 e. The number of nitrogens with one attached hydrogen (secondary N) is 2. The van der Waals surface area contributed by atoms with Gasteiger partial charge in [-0.1, -0.05) is 26.0 Å². The number of carbonyl (C=O) groups is 1. The number of halogens is 1. The highest BCUT2D eigenvalue weighted by atomic mass is 19.1. The molecule has 0 aliphatic rings. The van der Waals surface area contributed by atoms with Crippen LogP contribution in [0.1, 0.15) is 44.4 Å². The van der Waals surface area contributed by atoms with Crippen LogP contribution in [0.4, 0.5) is 4.39 Å². The van der Waals surface area contributed by atoms with Crippen LogP contribution in [0, 0.1) is 18.7 Å². The Hall–Kier alpha value is -1.42. The molecular formula is C16H25FN2O. The molecule has 1 aromatic rings. The van der Waals surface area contributed by atoms with Crippen LogP contribution in [0.3, 0.4) is 0 Å². The third-order valence-electron chi connectivity index (χ3n) is 3.21. The topological polar surface area (TPSA) is 41.1 Å². The third kappa shape index (κ3) is 5.70. The van der Waals surface area contributed by atoms with Gasteiger partial charge in [-0.3, -0.25) is 4.79 Å². The van der Waals surface area contributed by atoms with Crippen molar-refractivity contribution in [3.63, 3.8) is 0 Å². The molecule has 0 saturated carbocycles. The van der Waals surface area contributed by atoms with Crippen molar-refractivity contribution in [1.82, 2.24) is 10.6 Å². The number of aryl methyl sites for hydroxylation is 1. The maximum Gasteiger partial charge on any atom is 0.221 e. The van der Waals surface area contributed by atoms with E-state index >= 15 is 0 Å². The van der Waals surface area contributed by atoms with Gasteiger partial charge in [0.2, 0.25) is 5.91 Å². The Morgan fingerprint density at radius 2 is 2.00 bits per heavy atom. The molecule has 0 radical (unpaired) electrons. The minimum Gasteiger partial charge on any atom is -0.356 e. The maximum absolute atomic E-state index is 13.5. The SMILES string of the molecule is Cc1ccc(C(C)NCCC(=O)NCC(C)C)cc1F. The first kappa shape index (κ1) is 16.6. The van der Waals surface area contributed by atoms with Crippen LogP contribution < -0.4 is 10.6 Å². The lowest BCUT2D eigenvalue weighted by Gasteiger charge is -2.15. The summed E-state index contributed by atoms with van der Waals surface area (Å²) < 4.78 is 13.5. The van der Waals surface area contributed by atoms with Crippen molar-refractivity contribution in [2.75, 3.05) is 13.1 Å². The lowest BCUT2D eigenvalue weighted by atomic mass is 10.1. The largest absolute Gasteiger partial charge is 0.356 e. The highest BCUT2D eigenvalue weighted by Gasteiger charge is 2.08. The van der Waals surface area contributed by atoms with Crippen LogP contribution in [0.25, 0.3) is 0 Å². The first-order chi connectivity index (χ1) is 9.40. The zero-order valence-corrected chi connectivity index (χ0v) is 12.8. The number of rotatable bonds is 7. The van der Waals surface area contributed by atoms with Gasteiger partial charge >= 0.3 is 0 Å². The quantitative estimate of drug-likeness (QED) is 0.806. The Balaban J connectivity index is 2.34. The van der Waals surface area contributed by atoms with Gasteiger partial charge in [-0.05, 0) is 37.0 Å². The number of amides is 1. The zero-order valence-electron chi connectivity index (χ0n) is 12.8. The van der Waals surface area contributed by atoms with Crippen LogP contribution >= 0.6 is 0 Å².